The van der Waals surface area contributed by atoms with E-state index in [0.29, 0.717) is 12.0 Å². The van der Waals surface area contributed by atoms with Gasteiger partial charge in [0.25, 0.3) is 5.91 Å². The highest BCUT2D eigenvalue weighted by Crippen LogP contribution is 2.32. The summed E-state index contributed by atoms with van der Waals surface area (Å²) in [5, 5.41) is 0. The van der Waals surface area contributed by atoms with Crippen LogP contribution in [-0.2, 0) is 0 Å². The fraction of sp³-hybridized carbons (Fsp3) is 0.429. The molecule has 1 amide bonds. The number of hydrogen-bond donors (Lipinski definition) is 0. The van der Waals surface area contributed by atoms with Crippen LogP contribution in [0.15, 0.2) is 42.5 Å². The van der Waals surface area contributed by atoms with Gasteiger partial charge in [-0.05, 0) is 44.7 Å². The molecule has 0 saturated heterocycles. The smallest absolute Gasteiger partial charge is 0.256 e. The van der Waals surface area contributed by atoms with Gasteiger partial charge in [0, 0.05) is 17.6 Å². The summed E-state index contributed by atoms with van der Waals surface area (Å²) in [5.41, 5.74) is 3.53. The van der Waals surface area contributed by atoms with Crippen LogP contribution >= 0.6 is 0 Å². The average Bonchev–Trinajstić information content (AvgIpc) is 3.40. The molecular weight excluding hydrogens is 296 g/mol. The van der Waals surface area contributed by atoms with Gasteiger partial charge in [-0.3, -0.25) is 9.78 Å². The Morgan fingerprint density at radius 3 is 2.29 bits per heavy atom. The van der Waals surface area contributed by atoms with Crippen LogP contribution in [0.2, 0.25) is 0 Å². The molecule has 1 fully saturated rings. The lowest BCUT2D eigenvalue weighted by molar-refractivity contribution is 0.0626. The van der Waals surface area contributed by atoms with Crippen molar-refractivity contribution in [1.29, 1.82) is 0 Å². The van der Waals surface area contributed by atoms with Crippen LogP contribution in [0.5, 0.6) is 0 Å². The monoisotopic (exact) mass is 322 g/mol. The minimum absolute atomic E-state index is 0.128. The fourth-order valence-corrected chi connectivity index (χ4v) is 3.05. The highest BCUT2D eigenvalue weighted by Gasteiger charge is 2.37. The molecule has 1 aliphatic carbocycles. The molecule has 0 spiro atoms. The molecule has 1 aromatic heterocycles. The Labute approximate surface area is 144 Å². The van der Waals surface area contributed by atoms with Crippen LogP contribution in [0.3, 0.4) is 0 Å². The quantitative estimate of drug-likeness (QED) is 0.799. The number of hydrogen-bond acceptors (Lipinski definition) is 2. The maximum absolute atomic E-state index is 13.1. The summed E-state index contributed by atoms with van der Waals surface area (Å²) in [7, 11) is 0. The maximum Gasteiger partial charge on any atom is 0.256 e. The maximum atomic E-state index is 13.1. The molecular formula is C21H26N2O. The van der Waals surface area contributed by atoms with E-state index >= 15 is 0 Å². The number of pyridine rings is 1. The van der Waals surface area contributed by atoms with Crippen molar-refractivity contribution in [3.05, 3.63) is 53.7 Å². The van der Waals surface area contributed by atoms with E-state index in [1.54, 1.807) is 0 Å². The molecule has 126 valence electrons. The minimum atomic E-state index is 0.128. The topological polar surface area (TPSA) is 33.2 Å². The van der Waals surface area contributed by atoms with Gasteiger partial charge in [0.1, 0.15) is 0 Å². The summed E-state index contributed by atoms with van der Waals surface area (Å²) < 4.78 is 0. The number of aryl methyl sites for hydroxylation is 1. The van der Waals surface area contributed by atoms with E-state index in [4.69, 9.17) is 0 Å². The third kappa shape index (κ3) is 3.35. The van der Waals surface area contributed by atoms with Crippen molar-refractivity contribution < 1.29 is 4.79 Å². The molecule has 3 heteroatoms. The number of aromatic nitrogens is 1. The molecule has 0 N–H and O–H groups in total. The third-order valence-corrected chi connectivity index (χ3v) is 4.96. The Hall–Kier alpha value is -2.16. The molecule has 3 rings (SSSR count). The van der Waals surface area contributed by atoms with Crippen molar-refractivity contribution in [3.63, 3.8) is 0 Å². The molecule has 1 aromatic carbocycles. The number of rotatable bonds is 5. The van der Waals surface area contributed by atoms with E-state index < -0.39 is 0 Å². The van der Waals surface area contributed by atoms with Crippen molar-refractivity contribution >= 4 is 5.91 Å². The summed E-state index contributed by atoms with van der Waals surface area (Å²) in [5.74, 6) is 0.578. The Balaban J connectivity index is 1.90. The van der Waals surface area contributed by atoms with E-state index in [9.17, 15) is 4.79 Å². The van der Waals surface area contributed by atoms with Gasteiger partial charge in [-0.15, -0.1) is 0 Å². The number of benzene rings is 1. The second-order valence-corrected chi connectivity index (χ2v) is 7.12. The number of amides is 1. The van der Waals surface area contributed by atoms with Crippen LogP contribution in [0.25, 0.3) is 11.3 Å². The van der Waals surface area contributed by atoms with Crippen molar-refractivity contribution in [2.75, 3.05) is 0 Å². The molecule has 2 aromatic rings. The zero-order chi connectivity index (χ0) is 17.3. The summed E-state index contributed by atoms with van der Waals surface area (Å²) >= 11 is 0. The normalized spacial score (nSPS) is 15.4. The summed E-state index contributed by atoms with van der Waals surface area (Å²) in [6.45, 7) is 8.45. The second kappa shape index (κ2) is 6.76. The lowest BCUT2D eigenvalue weighted by atomic mass is 10.0. The molecule has 0 aliphatic heterocycles. The Kier molecular flexibility index (Phi) is 4.70. The molecule has 1 saturated carbocycles. The zero-order valence-electron chi connectivity index (χ0n) is 15.0. The molecule has 1 aliphatic rings. The number of carbonyl (C=O) groups excluding carboxylic acids is 1. The van der Waals surface area contributed by atoms with Gasteiger partial charge < -0.3 is 4.90 Å². The highest BCUT2D eigenvalue weighted by molar-refractivity contribution is 5.96. The predicted octanol–water partition coefficient (Wildman–Crippen LogP) is 4.71. The lowest BCUT2D eigenvalue weighted by Gasteiger charge is -2.32. The van der Waals surface area contributed by atoms with Crippen molar-refractivity contribution in [2.24, 2.45) is 5.92 Å². The largest absolute Gasteiger partial charge is 0.333 e. The first-order chi connectivity index (χ1) is 11.5. The zero-order valence-corrected chi connectivity index (χ0v) is 15.0. The van der Waals surface area contributed by atoms with Crippen LogP contribution < -0.4 is 0 Å². The van der Waals surface area contributed by atoms with Crippen LogP contribution in [0.1, 0.15) is 49.7 Å². The van der Waals surface area contributed by atoms with Gasteiger partial charge in [-0.2, -0.15) is 0 Å². The van der Waals surface area contributed by atoms with Gasteiger partial charge in [-0.25, -0.2) is 0 Å². The first-order valence-corrected chi connectivity index (χ1v) is 8.84. The van der Waals surface area contributed by atoms with E-state index in [1.807, 2.05) is 49.4 Å². The number of carbonyl (C=O) groups is 1. The van der Waals surface area contributed by atoms with Crippen molar-refractivity contribution in [1.82, 2.24) is 9.88 Å². The van der Waals surface area contributed by atoms with Gasteiger partial charge in [0.05, 0.1) is 17.0 Å². The molecule has 1 heterocycles. The molecule has 24 heavy (non-hydrogen) atoms. The second-order valence-electron chi connectivity index (χ2n) is 7.12. The minimum Gasteiger partial charge on any atom is -0.333 e. The van der Waals surface area contributed by atoms with Gasteiger partial charge in [0.15, 0.2) is 0 Å². The average molecular weight is 322 g/mol. The molecule has 0 radical (unpaired) electrons. The predicted molar refractivity (Wildman–Crippen MR) is 97.9 cm³/mol. The van der Waals surface area contributed by atoms with E-state index in [2.05, 4.69) is 30.7 Å². The standard InChI is InChI=1S/C21H26N2O/c1-14(2)16(4)23(18-10-11-18)21(24)19-12-13-20(22-15(19)3)17-8-6-5-7-9-17/h5-9,12-14,16,18H,10-11H2,1-4H3/t16-/m0/s1. The van der Waals surface area contributed by atoms with E-state index in [0.717, 1.165) is 35.4 Å². The van der Waals surface area contributed by atoms with Crippen molar-refractivity contribution in [2.45, 2.75) is 52.6 Å². The van der Waals surface area contributed by atoms with Gasteiger partial charge >= 0.3 is 0 Å². The van der Waals surface area contributed by atoms with E-state index in [-0.39, 0.29) is 11.9 Å². The first kappa shape index (κ1) is 16.7. The van der Waals surface area contributed by atoms with Gasteiger partial charge in [0.2, 0.25) is 0 Å². The lowest BCUT2D eigenvalue weighted by Crippen LogP contribution is -2.43. The van der Waals surface area contributed by atoms with E-state index in [1.165, 1.54) is 0 Å². The SMILES string of the molecule is Cc1nc(-c2ccccc2)ccc1C(=O)N(C1CC1)[C@@H](C)C(C)C. The fourth-order valence-electron chi connectivity index (χ4n) is 3.05. The number of nitrogens with zero attached hydrogens (tertiary/aromatic N) is 2. The Morgan fingerprint density at radius 1 is 1.08 bits per heavy atom. The summed E-state index contributed by atoms with van der Waals surface area (Å²) in [6, 6.07) is 14.6. The van der Waals surface area contributed by atoms with Crippen molar-refractivity contribution in [3.8, 4) is 11.3 Å². The van der Waals surface area contributed by atoms with Crippen LogP contribution in [0, 0.1) is 12.8 Å². The Morgan fingerprint density at radius 2 is 1.75 bits per heavy atom. The van der Waals surface area contributed by atoms with Crippen LogP contribution in [-0.4, -0.2) is 27.9 Å². The molecule has 3 nitrogen and oxygen atoms in total. The summed E-state index contributed by atoms with van der Waals surface area (Å²) in [4.78, 5) is 19.9. The third-order valence-electron chi connectivity index (χ3n) is 4.96. The van der Waals surface area contributed by atoms with Gasteiger partial charge in [-0.1, -0.05) is 44.2 Å². The highest BCUT2D eigenvalue weighted by atomic mass is 16.2. The molecule has 0 unspecified atom stereocenters. The molecule has 1 atom stereocenters. The molecule has 0 bridgehead atoms. The van der Waals surface area contributed by atoms with Crippen LogP contribution in [0.4, 0.5) is 0 Å². The summed E-state index contributed by atoms with van der Waals surface area (Å²) in [6.07, 6.45) is 2.24. The first-order valence-electron chi connectivity index (χ1n) is 8.84. The Bertz CT molecular complexity index is 720.